The van der Waals surface area contributed by atoms with Crippen LogP contribution < -0.4 is 5.32 Å². The van der Waals surface area contributed by atoms with Crippen LogP contribution in [-0.2, 0) is 9.59 Å². The lowest BCUT2D eigenvalue weighted by atomic mass is 10.1. The molecule has 1 fully saturated rings. The van der Waals surface area contributed by atoms with Gasteiger partial charge in [0.2, 0.25) is 5.91 Å². The maximum absolute atomic E-state index is 11.4. The normalized spacial score (nSPS) is 18.3. The van der Waals surface area contributed by atoms with E-state index in [4.69, 9.17) is 5.11 Å². The summed E-state index contributed by atoms with van der Waals surface area (Å²) < 4.78 is 0. The number of rotatable bonds is 6. The van der Waals surface area contributed by atoms with Gasteiger partial charge in [-0.05, 0) is 12.8 Å². The van der Waals surface area contributed by atoms with Crippen LogP contribution in [0.15, 0.2) is 0 Å². The van der Waals surface area contributed by atoms with Gasteiger partial charge < -0.3 is 10.4 Å². The fraction of sp³-hybridized carbons (Fsp3) is 0.833. The Labute approximate surface area is 102 Å². The highest BCUT2D eigenvalue weighted by Gasteiger charge is 2.27. The third-order valence-corrected chi connectivity index (χ3v) is 3.40. The van der Waals surface area contributed by atoms with Crippen LogP contribution in [0.2, 0.25) is 0 Å². The lowest BCUT2D eigenvalue weighted by Crippen LogP contribution is -2.44. The van der Waals surface area contributed by atoms with Crippen LogP contribution in [-0.4, -0.2) is 48.1 Å². The summed E-state index contributed by atoms with van der Waals surface area (Å²) in [6.45, 7) is 2.44. The number of amides is 1. The molecule has 0 aromatic rings. The maximum atomic E-state index is 11.4. The van der Waals surface area contributed by atoms with Gasteiger partial charge >= 0.3 is 5.97 Å². The minimum absolute atomic E-state index is 0.0468. The van der Waals surface area contributed by atoms with Crippen molar-refractivity contribution >= 4 is 11.9 Å². The van der Waals surface area contributed by atoms with E-state index in [0.29, 0.717) is 19.1 Å². The zero-order valence-electron chi connectivity index (χ0n) is 10.6. The second-order valence-corrected chi connectivity index (χ2v) is 4.78. The number of nitrogens with one attached hydrogen (secondary N) is 1. The fourth-order valence-corrected chi connectivity index (χ4v) is 2.31. The number of nitrogens with zero attached hydrogens (tertiary/aromatic N) is 1. The van der Waals surface area contributed by atoms with Crippen LogP contribution in [0.3, 0.4) is 0 Å². The molecule has 5 nitrogen and oxygen atoms in total. The average molecular weight is 242 g/mol. The summed E-state index contributed by atoms with van der Waals surface area (Å²) in [7, 11) is 1.61. The van der Waals surface area contributed by atoms with Crippen LogP contribution in [0.4, 0.5) is 0 Å². The van der Waals surface area contributed by atoms with Gasteiger partial charge in [-0.25, -0.2) is 0 Å². The molecule has 5 heteroatoms. The van der Waals surface area contributed by atoms with E-state index in [1.54, 1.807) is 14.0 Å². The molecule has 1 rings (SSSR count). The predicted molar refractivity (Wildman–Crippen MR) is 64.7 cm³/mol. The van der Waals surface area contributed by atoms with Crippen LogP contribution in [0, 0.1) is 5.92 Å². The second-order valence-electron chi connectivity index (χ2n) is 4.78. The van der Waals surface area contributed by atoms with Gasteiger partial charge in [-0.3, -0.25) is 14.5 Å². The largest absolute Gasteiger partial charge is 0.481 e. The monoisotopic (exact) mass is 242 g/mol. The van der Waals surface area contributed by atoms with Crippen LogP contribution in [0.25, 0.3) is 0 Å². The fourth-order valence-electron chi connectivity index (χ4n) is 2.31. The van der Waals surface area contributed by atoms with Crippen molar-refractivity contribution in [2.75, 3.05) is 20.1 Å². The Hall–Kier alpha value is -1.10. The van der Waals surface area contributed by atoms with Crippen LogP contribution in [0.5, 0.6) is 0 Å². The van der Waals surface area contributed by atoms with E-state index >= 15 is 0 Å². The van der Waals surface area contributed by atoms with Crippen LogP contribution in [0.1, 0.15) is 32.6 Å². The Morgan fingerprint density at radius 2 is 2.00 bits per heavy atom. The predicted octanol–water partition coefficient (Wildman–Crippen LogP) is 0.698. The molecule has 1 aliphatic carbocycles. The first-order chi connectivity index (χ1) is 8.04. The molecule has 0 spiro atoms. The zero-order chi connectivity index (χ0) is 12.8. The van der Waals surface area contributed by atoms with Crippen molar-refractivity contribution in [2.45, 2.75) is 38.6 Å². The van der Waals surface area contributed by atoms with Crippen molar-refractivity contribution in [1.29, 1.82) is 0 Å². The highest BCUT2D eigenvalue weighted by Crippen LogP contribution is 2.24. The molecule has 1 amide bonds. The lowest BCUT2D eigenvalue weighted by molar-refractivity contribution is -0.142. The molecule has 1 aliphatic rings. The molecule has 0 aromatic heterocycles. The van der Waals surface area contributed by atoms with Gasteiger partial charge in [-0.15, -0.1) is 0 Å². The highest BCUT2D eigenvalue weighted by molar-refractivity contribution is 5.77. The quantitative estimate of drug-likeness (QED) is 0.719. The van der Waals surface area contributed by atoms with Crippen molar-refractivity contribution in [3.8, 4) is 0 Å². The summed E-state index contributed by atoms with van der Waals surface area (Å²) in [6.07, 6.45) is 4.50. The molecule has 17 heavy (non-hydrogen) atoms. The van der Waals surface area contributed by atoms with Crippen LogP contribution >= 0.6 is 0 Å². The smallest absolute Gasteiger partial charge is 0.307 e. The molecule has 0 heterocycles. The molecule has 98 valence electrons. The van der Waals surface area contributed by atoms with Gasteiger partial charge in [0.15, 0.2) is 0 Å². The minimum atomic E-state index is -0.801. The van der Waals surface area contributed by atoms with Gasteiger partial charge in [0.1, 0.15) is 0 Å². The molecule has 1 unspecified atom stereocenters. The number of hydrogen-bond acceptors (Lipinski definition) is 3. The summed E-state index contributed by atoms with van der Waals surface area (Å²) >= 11 is 0. The molecule has 2 N–H and O–H groups in total. The first-order valence-electron chi connectivity index (χ1n) is 6.22. The van der Waals surface area contributed by atoms with Crippen molar-refractivity contribution in [3.63, 3.8) is 0 Å². The zero-order valence-corrected chi connectivity index (χ0v) is 10.6. The summed E-state index contributed by atoms with van der Waals surface area (Å²) in [5, 5.41) is 11.5. The van der Waals surface area contributed by atoms with E-state index in [0.717, 1.165) is 12.8 Å². The molecule has 0 saturated heterocycles. The Morgan fingerprint density at radius 3 is 2.47 bits per heavy atom. The number of hydrogen-bond donors (Lipinski definition) is 2. The molecule has 1 atom stereocenters. The van der Waals surface area contributed by atoms with E-state index in [2.05, 4.69) is 5.32 Å². The topological polar surface area (TPSA) is 69.6 Å². The minimum Gasteiger partial charge on any atom is -0.481 e. The third kappa shape index (κ3) is 4.34. The van der Waals surface area contributed by atoms with E-state index < -0.39 is 11.9 Å². The molecule has 0 aliphatic heterocycles. The number of carbonyl (C=O) groups excluding carboxylic acids is 1. The standard InChI is InChI=1S/C12H22N2O3/c1-9(12(16)17)7-14(8-11(15)13-2)10-5-3-4-6-10/h9-10H,3-8H2,1-2H3,(H,13,15)(H,16,17). The highest BCUT2D eigenvalue weighted by atomic mass is 16.4. The number of carboxylic acids is 1. The van der Waals surface area contributed by atoms with Gasteiger partial charge in [0.05, 0.1) is 12.5 Å². The van der Waals surface area contributed by atoms with Gasteiger partial charge in [-0.1, -0.05) is 19.8 Å². The first-order valence-corrected chi connectivity index (χ1v) is 6.22. The Morgan fingerprint density at radius 1 is 1.41 bits per heavy atom. The van der Waals surface area contributed by atoms with E-state index in [-0.39, 0.29) is 5.91 Å². The van der Waals surface area contributed by atoms with Gasteiger partial charge in [-0.2, -0.15) is 0 Å². The van der Waals surface area contributed by atoms with E-state index in [9.17, 15) is 9.59 Å². The SMILES string of the molecule is CNC(=O)CN(CC(C)C(=O)O)C1CCCC1. The summed E-state index contributed by atoms with van der Waals surface area (Å²) in [5.74, 6) is -1.28. The molecule has 0 radical (unpaired) electrons. The third-order valence-electron chi connectivity index (χ3n) is 3.40. The lowest BCUT2D eigenvalue weighted by Gasteiger charge is -2.29. The van der Waals surface area contributed by atoms with Crippen molar-refractivity contribution in [2.24, 2.45) is 5.92 Å². The molecule has 0 bridgehead atoms. The molecule has 1 saturated carbocycles. The average Bonchev–Trinajstić information content (AvgIpc) is 2.80. The number of carboxylic acid groups (broad SMARTS) is 1. The Balaban J connectivity index is 2.57. The van der Waals surface area contributed by atoms with Crippen molar-refractivity contribution in [1.82, 2.24) is 10.2 Å². The summed E-state index contributed by atoms with van der Waals surface area (Å²) in [5.41, 5.74) is 0. The Kier molecular flexibility index (Phi) is 5.41. The van der Waals surface area contributed by atoms with Crippen molar-refractivity contribution < 1.29 is 14.7 Å². The molecular formula is C12H22N2O3. The number of carbonyl (C=O) groups is 2. The maximum Gasteiger partial charge on any atom is 0.307 e. The summed E-state index contributed by atoms with van der Waals surface area (Å²) in [6, 6.07) is 0.370. The Bertz CT molecular complexity index is 275. The van der Waals surface area contributed by atoms with Gasteiger partial charge in [0.25, 0.3) is 0 Å². The second kappa shape index (κ2) is 6.59. The number of aliphatic carboxylic acids is 1. The number of likely N-dealkylation sites (N-methyl/N-ethyl adjacent to an activating group) is 1. The van der Waals surface area contributed by atoms with Gasteiger partial charge in [0, 0.05) is 19.6 Å². The van der Waals surface area contributed by atoms with E-state index in [1.807, 2.05) is 4.90 Å². The van der Waals surface area contributed by atoms with Crippen molar-refractivity contribution in [3.05, 3.63) is 0 Å². The summed E-state index contributed by atoms with van der Waals surface area (Å²) in [4.78, 5) is 24.3. The first kappa shape index (κ1) is 14.0. The van der Waals surface area contributed by atoms with E-state index in [1.165, 1.54) is 12.8 Å². The molecular weight excluding hydrogens is 220 g/mol. The molecule has 0 aromatic carbocycles.